The van der Waals surface area contributed by atoms with E-state index >= 15 is 0 Å². The van der Waals surface area contributed by atoms with E-state index in [-0.39, 0.29) is 6.54 Å². The van der Waals surface area contributed by atoms with E-state index in [4.69, 9.17) is 10.2 Å². The number of para-hydroxylation sites is 1. The summed E-state index contributed by atoms with van der Waals surface area (Å²) < 4.78 is 44.9. The van der Waals surface area contributed by atoms with E-state index in [1.54, 1.807) is 19.1 Å². The Bertz CT molecular complexity index is 800. The van der Waals surface area contributed by atoms with Crippen molar-refractivity contribution in [3.8, 4) is 0 Å². The molecule has 3 N–H and O–H groups in total. The van der Waals surface area contributed by atoms with Crippen LogP contribution in [0.2, 0.25) is 0 Å². The third-order valence-corrected chi connectivity index (χ3v) is 4.60. The van der Waals surface area contributed by atoms with Crippen LogP contribution < -0.4 is 11.1 Å². The van der Waals surface area contributed by atoms with E-state index in [0.717, 1.165) is 10.3 Å². The zero-order valence-corrected chi connectivity index (χ0v) is 13.9. The lowest BCUT2D eigenvalue weighted by atomic mass is 9.95. The number of urea groups is 1. The fourth-order valence-electron chi connectivity index (χ4n) is 3.15. The third-order valence-electron chi connectivity index (χ3n) is 4.60. The van der Waals surface area contributed by atoms with Crippen LogP contribution in [-0.2, 0) is 4.79 Å². The highest BCUT2D eigenvalue weighted by molar-refractivity contribution is 5.81. The van der Waals surface area contributed by atoms with Gasteiger partial charge in [-0.1, -0.05) is 18.2 Å². The maximum absolute atomic E-state index is 13.1. The van der Waals surface area contributed by atoms with Crippen molar-refractivity contribution >= 4 is 22.9 Å². The van der Waals surface area contributed by atoms with Crippen LogP contribution in [0.15, 0.2) is 34.7 Å². The van der Waals surface area contributed by atoms with Crippen LogP contribution in [0.5, 0.6) is 0 Å². The number of nitrogens with one attached hydrogen (secondary N) is 1. The molecule has 1 saturated heterocycles. The molecule has 1 aliphatic heterocycles. The van der Waals surface area contributed by atoms with Crippen molar-refractivity contribution in [3.05, 3.63) is 36.1 Å². The van der Waals surface area contributed by atoms with E-state index in [0.29, 0.717) is 11.3 Å². The molecule has 1 aromatic carbocycles. The van der Waals surface area contributed by atoms with E-state index in [1.165, 1.54) is 0 Å². The predicted molar refractivity (Wildman–Crippen MR) is 87.0 cm³/mol. The van der Waals surface area contributed by atoms with Gasteiger partial charge in [-0.05, 0) is 19.1 Å². The number of fused-ring (bicyclic) bond motifs is 1. The fraction of sp³-hybridized carbons (Fsp3) is 0.412. The van der Waals surface area contributed by atoms with Gasteiger partial charge < -0.3 is 20.4 Å². The number of alkyl halides is 3. The van der Waals surface area contributed by atoms with Gasteiger partial charge in [0.25, 0.3) is 0 Å². The maximum Gasteiger partial charge on any atom is 0.394 e. The highest BCUT2D eigenvalue weighted by atomic mass is 19.4. The molecule has 2 aromatic rings. The molecule has 6 nitrogen and oxygen atoms in total. The Morgan fingerprint density at radius 1 is 1.31 bits per heavy atom. The van der Waals surface area contributed by atoms with Gasteiger partial charge in [0.1, 0.15) is 11.3 Å². The largest absolute Gasteiger partial charge is 0.459 e. The summed E-state index contributed by atoms with van der Waals surface area (Å²) in [5.74, 6) is -3.97. The topological polar surface area (TPSA) is 88.6 Å². The van der Waals surface area contributed by atoms with Crippen LogP contribution in [0.25, 0.3) is 11.0 Å². The highest BCUT2D eigenvalue weighted by Crippen LogP contribution is 2.37. The number of rotatable bonds is 3. The molecule has 9 heteroatoms. The molecule has 1 unspecified atom stereocenters. The smallest absolute Gasteiger partial charge is 0.394 e. The first-order valence-corrected chi connectivity index (χ1v) is 8.06. The minimum absolute atomic E-state index is 0.363. The zero-order valence-electron chi connectivity index (χ0n) is 13.9. The monoisotopic (exact) mass is 369 g/mol. The average molecular weight is 369 g/mol. The number of likely N-dealkylation sites (tertiary alicyclic amines) is 1. The zero-order chi connectivity index (χ0) is 19.1. The number of benzene rings is 1. The SMILES string of the molecule is CC(NC(=O)N1C[C@H](C(N)=O)[C@@H](C(F)(F)F)C1)c1cc2ccccc2o1. The molecule has 26 heavy (non-hydrogen) atoms. The first kappa shape index (κ1) is 18.1. The lowest BCUT2D eigenvalue weighted by Gasteiger charge is -2.20. The molecule has 0 spiro atoms. The van der Waals surface area contributed by atoms with Crippen molar-refractivity contribution in [2.24, 2.45) is 17.6 Å². The van der Waals surface area contributed by atoms with Gasteiger partial charge in [-0.15, -0.1) is 0 Å². The Morgan fingerprint density at radius 3 is 2.58 bits per heavy atom. The van der Waals surface area contributed by atoms with Crippen LogP contribution in [0.1, 0.15) is 18.7 Å². The summed E-state index contributed by atoms with van der Waals surface area (Å²) in [7, 11) is 0. The molecule has 0 radical (unpaired) electrons. The number of carbonyl (C=O) groups is 2. The first-order valence-electron chi connectivity index (χ1n) is 8.06. The second kappa shape index (κ2) is 6.54. The first-order chi connectivity index (χ1) is 12.2. The van der Waals surface area contributed by atoms with Gasteiger partial charge in [0.2, 0.25) is 5.91 Å². The Labute approximate surface area is 147 Å². The second-order valence-electron chi connectivity index (χ2n) is 6.42. The molecule has 3 atom stereocenters. The predicted octanol–water partition coefficient (Wildman–Crippen LogP) is 2.80. The lowest BCUT2D eigenvalue weighted by Crippen LogP contribution is -2.40. The minimum atomic E-state index is -4.60. The van der Waals surface area contributed by atoms with Crippen LogP contribution in [0.3, 0.4) is 0 Å². The summed E-state index contributed by atoms with van der Waals surface area (Å²) in [5.41, 5.74) is 5.72. The van der Waals surface area contributed by atoms with Crippen molar-refractivity contribution in [2.45, 2.75) is 19.1 Å². The fourth-order valence-corrected chi connectivity index (χ4v) is 3.15. The molecule has 2 heterocycles. The van der Waals surface area contributed by atoms with Gasteiger partial charge >= 0.3 is 12.2 Å². The Balaban J connectivity index is 1.70. The highest BCUT2D eigenvalue weighted by Gasteiger charge is 2.52. The number of carbonyl (C=O) groups excluding carboxylic acids is 2. The van der Waals surface area contributed by atoms with Gasteiger partial charge in [0.05, 0.1) is 17.9 Å². The van der Waals surface area contributed by atoms with Crippen molar-refractivity contribution in [1.29, 1.82) is 0 Å². The summed E-state index contributed by atoms with van der Waals surface area (Å²) in [6, 6.07) is 7.79. The van der Waals surface area contributed by atoms with E-state index < -0.39 is 42.5 Å². The van der Waals surface area contributed by atoms with Gasteiger partial charge in [0, 0.05) is 18.5 Å². The number of nitrogens with zero attached hydrogens (tertiary/aromatic N) is 1. The molecule has 1 aromatic heterocycles. The maximum atomic E-state index is 13.1. The Hall–Kier alpha value is -2.71. The van der Waals surface area contributed by atoms with E-state index in [2.05, 4.69) is 5.32 Å². The minimum Gasteiger partial charge on any atom is -0.459 e. The molecule has 3 amide bonds. The van der Waals surface area contributed by atoms with Gasteiger partial charge in [-0.3, -0.25) is 4.79 Å². The number of hydrogen-bond donors (Lipinski definition) is 2. The van der Waals surface area contributed by atoms with E-state index in [1.807, 2.05) is 18.2 Å². The molecule has 1 fully saturated rings. The van der Waals surface area contributed by atoms with Crippen molar-refractivity contribution < 1.29 is 27.2 Å². The van der Waals surface area contributed by atoms with Crippen LogP contribution >= 0.6 is 0 Å². The van der Waals surface area contributed by atoms with Crippen molar-refractivity contribution in [1.82, 2.24) is 10.2 Å². The summed E-state index contributed by atoms with van der Waals surface area (Å²) in [5, 5.41) is 3.46. The van der Waals surface area contributed by atoms with Gasteiger partial charge in [-0.2, -0.15) is 13.2 Å². The summed E-state index contributed by atoms with van der Waals surface area (Å²) in [6.45, 7) is 0.701. The molecule has 1 aliphatic rings. The lowest BCUT2D eigenvalue weighted by molar-refractivity contribution is -0.182. The molecule has 0 aliphatic carbocycles. The number of furan rings is 1. The number of primary amides is 1. The summed E-state index contributed by atoms with van der Waals surface area (Å²) >= 11 is 0. The number of halogens is 3. The molecule has 140 valence electrons. The van der Waals surface area contributed by atoms with Gasteiger partial charge in [0.15, 0.2) is 0 Å². The Morgan fingerprint density at radius 2 is 2.00 bits per heavy atom. The normalized spacial score (nSPS) is 21.8. The van der Waals surface area contributed by atoms with Crippen LogP contribution in [0, 0.1) is 11.8 Å². The Kier molecular flexibility index (Phi) is 4.55. The van der Waals surface area contributed by atoms with Crippen molar-refractivity contribution in [2.75, 3.05) is 13.1 Å². The van der Waals surface area contributed by atoms with Crippen LogP contribution in [-0.4, -0.2) is 36.1 Å². The number of nitrogens with two attached hydrogens (primary N) is 1. The van der Waals surface area contributed by atoms with Crippen LogP contribution in [0.4, 0.5) is 18.0 Å². The third kappa shape index (κ3) is 3.47. The van der Waals surface area contributed by atoms with Gasteiger partial charge in [-0.25, -0.2) is 4.79 Å². The molecular weight excluding hydrogens is 351 g/mol. The molecule has 0 saturated carbocycles. The second-order valence-corrected chi connectivity index (χ2v) is 6.42. The number of hydrogen-bond acceptors (Lipinski definition) is 3. The quantitative estimate of drug-likeness (QED) is 0.872. The molecule has 0 bridgehead atoms. The number of amides is 3. The molecule has 3 rings (SSSR count). The standard InChI is InChI=1S/C17H18F3N3O3/c1-9(14-6-10-4-2-3-5-13(10)26-14)22-16(25)23-7-11(15(21)24)12(8-23)17(18,19)20/h2-6,9,11-12H,7-8H2,1H3,(H2,21,24)(H,22,25)/t9?,11-,12-/m0/s1. The van der Waals surface area contributed by atoms with E-state index in [9.17, 15) is 22.8 Å². The summed E-state index contributed by atoms with van der Waals surface area (Å²) in [4.78, 5) is 24.6. The molecular formula is C17H18F3N3O3. The average Bonchev–Trinajstić information content (AvgIpc) is 3.18. The summed E-state index contributed by atoms with van der Waals surface area (Å²) in [6.07, 6.45) is -4.60. The van der Waals surface area contributed by atoms with Crippen molar-refractivity contribution in [3.63, 3.8) is 0 Å².